The summed E-state index contributed by atoms with van der Waals surface area (Å²) in [6.45, 7) is 0. The van der Waals surface area contributed by atoms with Crippen LogP contribution < -0.4 is 9.47 Å². The molecule has 0 spiro atoms. The molecule has 0 bridgehead atoms. The van der Waals surface area contributed by atoms with Crippen LogP contribution in [0.2, 0.25) is 0 Å². The van der Waals surface area contributed by atoms with Crippen molar-refractivity contribution < 1.29 is 49.1 Å². The van der Waals surface area contributed by atoms with E-state index in [1.807, 2.05) is 0 Å². The van der Waals surface area contributed by atoms with Crippen LogP contribution in [0.15, 0.2) is 72.8 Å². The molecule has 0 amide bonds. The van der Waals surface area contributed by atoms with Crippen LogP contribution in [0.5, 0.6) is 21.6 Å². The molecule has 2 heterocycles. The maximum Gasteiger partial charge on any atom is 0.345 e. The van der Waals surface area contributed by atoms with Crippen molar-refractivity contribution in [2.75, 3.05) is 0 Å². The first-order valence-corrected chi connectivity index (χ1v) is 11.4. The van der Waals surface area contributed by atoms with Crippen molar-refractivity contribution in [3.05, 3.63) is 93.7 Å². The van der Waals surface area contributed by atoms with E-state index in [0.717, 1.165) is 22.7 Å². The monoisotopic (exact) mass is 528 g/mol. The summed E-state index contributed by atoms with van der Waals surface area (Å²) in [7, 11) is 0. The quantitative estimate of drug-likeness (QED) is 0.217. The molecule has 184 valence electrons. The Balaban J connectivity index is 0.000000201. The van der Waals surface area contributed by atoms with Crippen molar-refractivity contribution in [1.29, 1.82) is 0 Å². The molecule has 0 saturated heterocycles. The summed E-state index contributed by atoms with van der Waals surface area (Å²) in [5, 5.41) is 35.8. The molecule has 0 aliphatic heterocycles. The Morgan fingerprint density at radius 3 is 1.06 bits per heavy atom. The van der Waals surface area contributed by atoms with Gasteiger partial charge in [-0.1, -0.05) is 22.7 Å². The summed E-state index contributed by atoms with van der Waals surface area (Å²) >= 11 is 2.02. The Hall–Kier alpha value is -4.68. The van der Waals surface area contributed by atoms with E-state index in [2.05, 4.69) is 0 Å². The van der Waals surface area contributed by atoms with Crippen molar-refractivity contribution in [3.63, 3.8) is 0 Å². The van der Waals surface area contributed by atoms with E-state index in [4.69, 9.17) is 29.9 Å². The van der Waals surface area contributed by atoms with E-state index >= 15 is 0 Å². The number of carboxylic acid groups (broad SMARTS) is 4. The van der Waals surface area contributed by atoms with E-state index in [1.165, 1.54) is 60.7 Å². The zero-order chi connectivity index (χ0) is 26.2. The minimum atomic E-state index is -1.01. The first-order valence-electron chi connectivity index (χ1n) is 9.81. The second-order valence-corrected chi connectivity index (χ2v) is 8.80. The Labute approximate surface area is 210 Å². The lowest BCUT2D eigenvalue weighted by Crippen LogP contribution is -1.94. The van der Waals surface area contributed by atoms with Crippen LogP contribution in [0.3, 0.4) is 0 Å². The smallest absolute Gasteiger partial charge is 0.345 e. The molecule has 0 aliphatic carbocycles. The third kappa shape index (κ3) is 7.16. The molecule has 4 rings (SSSR count). The van der Waals surface area contributed by atoms with Gasteiger partial charge in [0, 0.05) is 0 Å². The topological polar surface area (TPSA) is 168 Å². The molecule has 0 fully saturated rings. The van der Waals surface area contributed by atoms with Gasteiger partial charge in [0.05, 0.1) is 11.1 Å². The van der Waals surface area contributed by atoms with Gasteiger partial charge in [-0.15, -0.1) is 0 Å². The first-order chi connectivity index (χ1) is 17.1. The summed E-state index contributed by atoms with van der Waals surface area (Å²) in [5.41, 5.74) is 0.333. The molecule has 2 aromatic heterocycles. The van der Waals surface area contributed by atoms with Gasteiger partial charge >= 0.3 is 23.9 Å². The molecule has 0 unspecified atom stereocenters. The number of carbonyl (C=O) groups is 4. The fourth-order valence-electron chi connectivity index (χ4n) is 2.54. The standard InChI is InChI=1S/2C12H8O5S/c2*13-11(14)7-1-3-8(4-2-7)17-10-6-5-9(18-10)12(15)16/h2*1-6H,(H,13,14)(H,15,16). The highest BCUT2D eigenvalue weighted by atomic mass is 32.1. The van der Waals surface area contributed by atoms with Crippen molar-refractivity contribution in [2.45, 2.75) is 0 Å². The van der Waals surface area contributed by atoms with E-state index in [-0.39, 0.29) is 20.9 Å². The summed E-state index contributed by atoms with van der Waals surface area (Å²) < 4.78 is 10.8. The number of ether oxygens (including phenoxy) is 2. The second-order valence-electron chi connectivity index (χ2n) is 6.71. The maximum atomic E-state index is 10.7. The van der Waals surface area contributed by atoms with Gasteiger partial charge in [0.2, 0.25) is 0 Å². The number of carboxylic acids is 4. The fraction of sp³-hybridized carbons (Fsp3) is 0. The second kappa shape index (κ2) is 11.6. The van der Waals surface area contributed by atoms with Gasteiger partial charge in [0.15, 0.2) is 10.1 Å². The molecule has 0 saturated carbocycles. The summed E-state index contributed by atoms with van der Waals surface area (Å²) in [6, 6.07) is 17.8. The normalized spacial score (nSPS) is 10.0. The van der Waals surface area contributed by atoms with E-state index < -0.39 is 23.9 Å². The summed E-state index contributed by atoms with van der Waals surface area (Å²) in [4.78, 5) is 43.0. The Bertz CT molecular complexity index is 1280. The highest BCUT2D eigenvalue weighted by molar-refractivity contribution is 7.16. The summed E-state index contributed by atoms with van der Waals surface area (Å²) in [6.07, 6.45) is 0. The molecule has 0 aliphatic rings. The SMILES string of the molecule is O=C(O)c1ccc(Oc2ccc(C(=O)O)s2)cc1.O=C(O)c1ccc(Oc2ccc(C(=O)O)s2)cc1. The number of hydrogen-bond acceptors (Lipinski definition) is 8. The predicted molar refractivity (Wildman–Crippen MR) is 130 cm³/mol. The maximum absolute atomic E-state index is 10.7. The predicted octanol–water partition coefficient (Wildman–Crippen LogP) is 5.87. The largest absolute Gasteiger partial charge is 0.478 e. The molecular formula is C24H16O10S2. The zero-order valence-electron chi connectivity index (χ0n) is 18.0. The van der Waals surface area contributed by atoms with Gasteiger partial charge in [0.1, 0.15) is 21.3 Å². The van der Waals surface area contributed by atoms with Gasteiger partial charge < -0.3 is 29.9 Å². The molecule has 0 radical (unpaired) electrons. The van der Waals surface area contributed by atoms with Crippen molar-refractivity contribution in [2.24, 2.45) is 0 Å². The Kier molecular flexibility index (Phi) is 8.39. The van der Waals surface area contributed by atoms with Gasteiger partial charge in [-0.3, -0.25) is 0 Å². The van der Waals surface area contributed by atoms with Gasteiger partial charge in [0.25, 0.3) is 0 Å². The molecular weight excluding hydrogens is 512 g/mol. The molecule has 12 heteroatoms. The Morgan fingerprint density at radius 2 is 0.806 bits per heavy atom. The minimum absolute atomic E-state index is 0.166. The Morgan fingerprint density at radius 1 is 0.472 bits per heavy atom. The number of aromatic carboxylic acids is 4. The number of benzene rings is 2. The third-order valence-corrected chi connectivity index (χ3v) is 6.13. The average molecular weight is 529 g/mol. The highest BCUT2D eigenvalue weighted by Gasteiger charge is 2.10. The van der Waals surface area contributed by atoms with Crippen LogP contribution in [0, 0.1) is 0 Å². The van der Waals surface area contributed by atoms with E-state index in [0.29, 0.717) is 21.6 Å². The molecule has 0 atom stereocenters. The first kappa shape index (κ1) is 25.9. The van der Waals surface area contributed by atoms with Crippen molar-refractivity contribution >= 4 is 46.6 Å². The lowest BCUT2D eigenvalue weighted by molar-refractivity contribution is 0.0686. The van der Waals surface area contributed by atoms with Gasteiger partial charge in [-0.2, -0.15) is 0 Å². The number of thiophene rings is 2. The summed E-state index contributed by atoms with van der Waals surface area (Å²) in [5.74, 6) is -3.11. The van der Waals surface area contributed by atoms with Crippen LogP contribution in [-0.4, -0.2) is 44.3 Å². The third-order valence-electron chi connectivity index (χ3n) is 4.22. The van der Waals surface area contributed by atoms with Crippen LogP contribution in [0.1, 0.15) is 40.1 Å². The van der Waals surface area contributed by atoms with Crippen molar-refractivity contribution in [1.82, 2.24) is 0 Å². The highest BCUT2D eigenvalue weighted by Crippen LogP contribution is 2.30. The average Bonchev–Trinajstić information content (AvgIpc) is 3.50. The minimum Gasteiger partial charge on any atom is -0.478 e. The van der Waals surface area contributed by atoms with Crippen LogP contribution >= 0.6 is 22.7 Å². The fourth-order valence-corrected chi connectivity index (χ4v) is 3.97. The number of hydrogen-bond donors (Lipinski definition) is 4. The van der Waals surface area contributed by atoms with E-state index in [9.17, 15) is 19.2 Å². The number of rotatable bonds is 8. The van der Waals surface area contributed by atoms with Gasteiger partial charge in [-0.05, 0) is 72.8 Å². The molecule has 36 heavy (non-hydrogen) atoms. The van der Waals surface area contributed by atoms with Crippen LogP contribution in [0.4, 0.5) is 0 Å². The van der Waals surface area contributed by atoms with E-state index in [1.54, 1.807) is 12.1 Å². The molecule has 4 aromatic rings. The zero-order valence-corrected chi connectivity index (χ0v) is 19.6. The van der Waals surface area contributed by atoms with Crippen molar-refractivity contribution in [3.8, 4) is 21.6 Å². The lowest BCUT2D eigenvalue weighted by Gasteiger charge is -2.02. The van der Waals surface area contributed by atoms with Gasteiger partial charge in [-0.25, -0.2) is 19.2 Å². The molecule has 10 nitrogen and oxygen atoms in total. The lowest BCUT2D eigenvalue weighted by atomic mass is 10.2. The molecule has 4 N–H and O–H groups in total. The van der Waals surface area contributed by atoms with Crippen LogP contribution in [-0.2, 0) is 0 Å². The molecule has 2 aromatic carbocycles. The van der Waals surface area contributed by atoms with Crippen LogP contribution in [0.25, 0.3) is 0 Å².